The first-order chi connectivity index (χ1) is 32.1. The maximum absolute atomic E-state index is 12.8. The van der Waals surface area contributed by atoms with Crippen LogP contribution in [0.1, 0.15) is 264 Å². The highest BCUT2D eigenvalue weighted by Crippen LogP contribution is 2.43. The number of esters is 1. The molecule has 0 aliphatic heterocycles. The molecular weight excluding hydrogens is 842 g/mol. The van der Waals surface area contributed by atoms with Crippen molar-refractivity contribution in [2.24, 2.45) is 0 Å². The summed E-state index contributed by atoms with van der Waals surface area (Å²) in [6.07, 6.45) is 62.0. The van der Waals surface area contributed by atoms with Crippen LogP contribution in [0.4, 0.5) is 0 Å². The van der Waals surface area contributed by atoms with E-state index in [0.29, 0.717) is 24.1 Å². The van der Waals surface area contributed by atoms with Crippen molar-refractivity contribution in [3.8, 4) is 0 Å². The first kappa shape index (κ1) is 64.7. The molecule has 2 unspecified atom stereocenters. The Balaban J connectivity index is 4.08. The summed E-state index contributed by atoms with van der Waals surface area (Å²) < 4.78 is 35.2. The Labute approximate surface area is 410 Å². The van der Waals surface area contributed by atoms with Gasteiger partial charge in [-0.1, -0.05) is 243 Å². The van der Waals surface area contributed by atoms with Gasteiger partial charge in [-0.2, -0.15) is 0 Å². The van der Waals surface area contributed by atoms with Crippen molar-refractivity contribution in [3.63, 3.8) is 0 Å². The largest absolute Gasteiger partial charge is 0.472 e. The molecule has 0 aliphatic carbocycles. The fourth-order valence-corrected chi connectivity index (χ4v) is 8.83. The van der Waals surface area contributed by atoms with Crippen molar-refractivity contribution >= 4 is 13.8 Å². The molecule has 0 fully saturated rings. The summed E-state index contributed by atoms with van der Waals surface area (Å²) >= 11 is 0. The average Bonchev–Trinajstić information content (AvgIpc) is 3.28. The first-order valence-electron chi connectivity index (χ1n) is 28.2. The quantitative estimate of drug-likeness (QED) is 0.0213. The van der Waals surface area contributed by atoms with E-state index in [4.69, 9.17) is 18.5 Å². The lowest BCUT2D eigenvalue weighted by molar-refractivity contribution is -0.870. The van der Waals surface area contributed by atoms with Crippen molar-refractivity contribution in [3.05, 3.63) is 36.5 Å². The summed E-state index contributed by atoms with van der Waals surface area (Å²) in [5.41, 5.74) is 0. The van der Waals surface area contributed by atoms with Crippen molar-refractivity contribution < 1.29 is 37.3 Å². The van der Waals surface area contributed by atoms with Gasteiger partial charge in [0, 0.05) is 13.0 Å². The van der Waals surface area contributed by atoms with Gasteiger partial charge >= 0.3 is 13.8 Å². The number of unbranched alkanes of at least 4 members (excludes halogenated alkanes) is 33. The molecule has 0 aromatic carbocycles. The number of phosphoric ester groups is 1. The zero-order chi connectivity index (χ0) is 48.3. The predicted molar refractivity (Wildman–Crippen MR) is 284 cm³/mol. The van der Waals surface area contributed by atoms with Crippen molar-refractivity contribution in [2.45, 2.75) is 270 Å². The number of quaternary nitrogens is 1. The highest BCUT2D eigenvalue weighted by molar-refractivity contribution is 7.47. The van der Waals surface area contributed by atoms with Gasteiger partial charge in [-0.3, -0.25) is 13.8 Å². The number of carbonyl (C=O) groups is 1. The van der Waals surface area contributed by atoms with Crippen molar-refractivity contribution in [1.29, 1.82) is 0 Å². The molecule has 0 saturated heterocycles. The number of hydrogen-bond acceptors (Lipinski definition) is 6. The average molecular weight is 953 g/mol. The number of likely N-dealkylation sites (N-methyl/N-ethyl adjacent to an activating group) is 1. The molecule has 0 amide bonds. The number of rotatable bonds is 53. The molecule has 2 atom stereocenters. The zero-order valence-electron chi connectivity index (χ0n) is 44.4. The minimum atomic E-state index is -4.28. The molecular formula is C57H111NO7P+. The number of carbonyl (C=O) groups excluding carboxylic acids is 1. The second-order valence-electron chi connectivity index (χ2n) is 20.3. The Hall–Kier alpha value is -1.28. The third-order valence-corrected chi connectivity index (χ3v) is 13.4. The molecule has 0 heterocycles. The standard InChI is InChI=1S/C57H110NO7P/c1-6-8-10-12-14-16-18-20-22-24-26-27-28-29-30-31-32-34-36-38-40-42-44-46-48-50-57(59)65-56(55-64-66(60,61)63-53-51-58(3,4)5)54-62-52-49-47-45-43-41-39-37-35-33-25-23-21-19-17-15-13-11-9-7-2/h18,20,24,26,28-29,56H,6-17,19,21-23,25,27,30-55H2,1-5H3/p+1/b20-18-,26-24-,29-28-. The van der Waals surface area contributed by atoms with Gasteiger partial charge in [0.25, 0.3) is 0 Å². The zero-order valence-corrected chi connectivity index (χ0v) is 45.3. The molecule has 0 bridgehead atoms. The van der Waals surface area contributed by atoms with Crippen LogP contribution in [0, 0.1) is 0 Å². The van der Waals surface area contributed by atoms with E-state index in [1.165, 1.54) is 199 Å². The van der Waals surface area contributed by atoms with E-state index < -0.39 is 13.9 Å². The van der Waals surface area contributed by atoms with Crippen LogP contribution in [0.3, 0.4) is 0 Å². The second kappa shape index (κ2) is 50.1. The van der Waals surface area contributed by atoms with Gasteiger partial charge in [-0.15, -0.1) is 0 Å². The summed E-state index contributed by atoms with van der Waals surface area (Å²) in [5, 5.41) is 0. The third-order valence-electron chi connectivity index (χ3n) is 12.5. The lowest BCUT2D eigenvalue weighted by Gasteiger charge is -2.24. The van der Waals surface area contributed by atoms with E-state index >= 15 is 0 Å². The molecule has 0 aromatic rings. The van der Waals surface area contributed by atoms with Gasteiger partial charge in [-0.25, -0.2) is 4.57 Å². The number of hydrogen-bond donors (Lipinski definition) is 1. The van der Waals surface area contributed by atoms with Crippen LogP contribution in [0.5, 0.6) is 0 Å². The third kappa shape index (κ3) is 53.7. The normalized spacial score (nSPS) is 13.7. The number of phosphoric acid groups is 1. The highest BCUT2D eigenvalue weighted by Gasteiger charge is 2.26. The fourth-order valence-electron chi connectivity index (χ4n) is 8.09. The smallest absolute Gasteiger partial charge is 0.457 e. The maximum Gasteiger partial charge on any atom is 0.472 e. The maximum atomic E-state index is 12.8. The lowest BCUT2D eigenvalue weighted by Crippen LogP contribution is -2.37. The monoisotopic (exact) mass is 953 g/mol. The number of allylic oxidation sites excluding steroid dienone is 6. The predicted octanol–water partition coefficient (Wildman–Crippen LogP) is 17.7. The van der Waals surface area contributed by atoms with Crippen LogP contribution in [-0.2, 0) is 27.9 Å². The molecule has 0 rings (SSSR count). The van der Waals surface area contributed by atoms with Gasteiger partial charge in [-0.05, 0) is 51.4 Å². The molecule has 0 spiro atoms. The van der Waals surface area contributed by atoms with E-state index in [1.807, 2.05) is 21.1 Å². The van der Waals surface area contributed by atoms with Crippen molar-refractivity contribution in [2.75, 3.05) is 54.1 Å². The van der Waals surface area contributed by atoms with Crippen LogP contribution in [0.2, 0.25) is 0 Å². The Bertz CT molecular complexity index is 1150. The van der Waals surface area contributed by atoms with Crippen LogP contribution >= 0.6 is 7.82 Å². The SMILES string of the molecule is CCCCCCC/C=C\C/C=C\C/C=C\CCCCCCCCCCCCC(=O)OC(COCCCCCCCCCCCCCCCCCCCCC)COP(=O)(O)OCC[N+](C)(C)C. The minimum absolute atomic E-state index is 0.0893. The Morgan fingerprint density at radius 1 is 0.470 bits per heavy atom. The summed E-state index contributed by atoms with van der Waals surface area (Å²) in [7, 11) is 1.68. The van der Waals surface area contributed by atoms with Crippen LogP contribution in [0.15, 0.2) is 36.5 Å². The molecule has 66 heavy (non-hydrogen) atoms. The number of ether oxygens (including phenoxy) is 2. The Kier molecular flexibility index (Phi) is 49.1. The Morgan fingerprint density at radius 2 is 0.833 bits per heavy atom. The molecule has 0 radical (unpaired) electrons. The second-order valence-corrected chi connectivity index (χ2v) is 21.8. The van der Waals surface area contributed by atoms with E-state index in [-0.39, 0.29) is 25.8 Å². The molecule has 390 valence electrons. The highest BCUT2D eigenvalue weighted by atomic mass is 31.2. The van der Waals surface area contributed by atoms with Crippen LogP contribution in [-0.4, -0.2) is 75.6 Å². The molecule has 1 N–H and O–H groups in total. The van der Waals surface area contributed by atoms with Crippen LogP contribution < -0.4 is 0 Å². The van der Waals surface area contributed by atoms with E-state index in [2.05, 4.69) is 50.3 Å². The van der Waals surface area contributed by atoms with Gasteiger partial charge < -0.3 is 18.9 Å². The summed E-state index contributed by atoms with van der Waals surface area (Å²) in [5.74, 6) is -0.313. The van der Waals surface area contributed by atoms with E-state index in [1.54, 1.807) is 0 Å². The minimum Gasteiger partial charge on any atom is -0.457 e. The number of nitrogens with zero attached hydrogens (tertiary/aromatic N) is 1. The van der Waals surface area contributed by atoms with Crippen molar-refractivity contribution in [1.82, 2.24) is 0 Å². The fraction of sp³-hybridized carbons (Fsp3) is 0.877. The van der Waals surface area contributed by atoms with E-state index in [0.717, 1.165) is 44.9 Å². The summed E-state index contributed by atoms with van der Waals surface area (Å²) in [6.45, 7) is 5.66. The van der Waals surface area contributed by atoms with Crippen LogP contribution in [0.25, 0.3) is 0 Å². The lowest BCUT2D eigenvalue weighted by atomic mass is 10.0. The first-order valence-corrected chi connectivity index (χ1v) is 29.7. The van der Waals surface area contributed by atoms with Gasteiger partial charge in [0.05, 0.1) is 34.4 Å². The summed E-state index contributed by atoms with van der Waals surface area (Å²) in [6, 6.07) is 0. The molecule has 8 nitrogen and oxygen atoms in total. The topological polar surface area (TPSA) is 91.3 Å². The molecule has 0 aromatic heterocycles. The van der Waals surface area contributed by atoms with Gasteiger partial charge in [0.1, 0.15) is 19.3 Å². The Morgan fingerprint density at radius 3 is 1.24 bits per heavy atom. The van der Waals surface area contributed by atoms with Gasteiger partial charge in [0.15, 0.2) is 0 Å². The summed E-state index contributed by atoms with van der Waals surface area (Å²) in [4.78, 5) is 23.1. The molecule has 0 saturated carbocycles. The molecule has 9 heteroatoms. The van der Waals surface area contributed by atoms with Gasteiger partial charge in [0.2, 0.25) is 0 Å². The molecule has 0 aliphatic rings. The van der Waals surface area contributed by atoms with E-state index in [9.17, 15) is 14.3 Å².